The van der Waals surface area contributed by atoms with Crippen molar-refractivity contribution in [2.24, 2.45) is 0 Å². The largest absolute Gasteiger partial charge is 0.475 e. The van der Waals surface area contributed by atoms with E-state index < -0.39 is 0 Å². The highest BCUT2D eigenvalue weighted by Gasteiger charge is 2.17. The lowest BCUT2D eigenvalue weighted by Crippen LogP contribution is -2.47. The summed E-state index contributed by atoms with van der Waals surface area (Å²) in [6.45, 7) is 7.35. The molecule has 0 N–H and O–H groups in total. The molecular formula is C15H20N6O. The van der Waals surface area contributed by atoms with Crippen molar-refractivity contribution in [3.05, 3.63) is 36.4 Å². The minimum atomic E-state index is 0.587. The minimum absolute atomic E-state index is 0.587. The average molecular weight is 300 g/mol. The van der Waals surface area contributed by atoms with Crippen LogP contribution < -0.4 is 9.64 Å². The van der Waals surface area contributed by atoms with Gasteiger partial charge in [-0.05, 0) is 13.0 Å². The Hall–Kier alpha value is -2.28. The van der Waals surface area contributed by atoms with Gasteiger partial charge in [-0.1, -0.05) is 0 Å². The van der Waals surface area contributed by atoms with Gasteiger partial charge >= 0.3 is 0 Å². The Morgan fingerprint density at radius 3 is 2.64 bits per heavy atom. The first-order valence-electron chi connectivity index (χ1n) is 7.48. The van der Waals surface area contributed by atoms with Crippen LogP contribution in [0.15, 0.2) is 30.7 Å². The summed E-state index contributed by atoms with van der Waals surface area (Å²) < 4.78 is 5.62. The zero-order valence-electron chi connectivity index (χ0n) is 12.7. The fourth-order valence-electron chi connectivity index (χ4n) is 2.40. The number of hydrogen-bond acceptors (Lipinski definition) is 7. The quantitative estimate of drug-likeness (QED) is 0.808. The lowest BCUT2D eigenvalue weighted by Gasteiger charge is -2.34. The SMILES string of the molecule is Cc1ccc(OCCN2CCN(c3cnccn3)CC2)nn1. The van der Waals surface area contributed by atoms with Crippen LogP contribution in [0.5, 0.6) is 5.88 Å². The van der Waals surface area contributed by atoms with Crippen LogP contribution in [0.2, 0.25) is 0 Å². The predicted octanol–water partition coefficient (Wildman–Crippen LogP) is 0.776. The van der Waals surface area contributed by atoms with Gasteiger partial charge in [0.1, 0.15) is 12.4 Å². The normalized spacial score (nSPS) is 15.8. The van der Waals surface area contributed by atoms with E-state index in [0.29, 0.717) is 12.5 Å². The summed E-state index contributed by atoms with van der Waals surface area (Å²) >= 11 is 0. The fourth-order valence-corrected chi connectivity index (χ4v) is 2.40. The van der Waals surface area contributed by atoms with Gasteiger partial charge in [-0.3, -0.25) is 9.88 Å². The number of piperazine rings is 1. The van der Waals surface area contributed by atoms with Crippen molar-refractivity contribution in [2.75, 3.05) is 44.2 Å². The fraction of sp³-hybridized carbons (Fsp3) is 0.467. The monoisotopic (exact) mass is 300 g/mol. The van der Waals surface area contributed by atoms with E-state index >= 15 is 0 Å². The second kappa shape index (κ2) is 7.13. The van der Waals surface area contributed by atoms with Gasteiger partial charge in [-0.15, -0.1) is 5.10 Å². The number of aryl methyl sites for hydroxylation is 1. The van der Waals surface area contributed by atoms with Gasteiger partial charge in [-0.2, -0.15) is 5.10 Å². The molecule has 2 aromatic rings. The maximum atomic E-state index is 5.62. The zero-order valence-corrected chi connectivity index (χ0v) is 12.7. The standard InChI is InChI=1S/C15H20N6O/c1-13-2-3-15(19-18-13)22-11-10-20-6-8-21(9-7-20)14-12-16-4-5-17-14/h2-5,12H,6-11H2,1H3. The average Bonchev–Trinajstić information content (AvgIpc) is 2.58. The molecule has 1 saturated heterocycles. The smallest absolute Gasteiger partial charge is 0.233 e. The maximum Gasteiger partial charge on any atom is 0.233 e. The number of anilines is 1. The van der Waals surface area contributed by atoms with Gasteiger partial charge in [-0.25, -0.2) is 4.98 Å². The summed E-state index contributed by atoms with van der Waals surface area (Å²) in [5.74, 6) is 1.54. The summed E-state index contributed by atoms with van der Waals surface area (Å²) in [7, 11) is 0. The van der Waals surface area contributed by atoms with Crippen molar-refractivity contribution in [1.29, 1.82) is 0 Å². The molecule has 0 saturated carbocycles. The lowest BCUT2D eigenvalue weighted by atomic mass is 10.3. The van der Waals surface area contributed by atoms with Crippen LogP contribution in [0.3, 0.4) is 0 Å². The number of ether oxygens (including phenoxy) is 1. The van der Waals surface area contributed by atoms with E-state index in [-0.39, 0.29) is 0 Å². The first-order chi connectivity index (χ1) is 10.8. The van der Waals surface area contributed by atoms with E-state index in [2.05, 4.69) is 30.0 Å². The zero-order chi connectivity index (χ0) is 15.2. The Morgan fingerprint density at radius 1 is 1.09 bits per heavy atom. The molecule has 0 unspecified atom stereocenters. The summed E-state index contributed by atoms with van der Waals surface area (Å²) in [6, 6.07) is 3.76. The highest BCUT2D eigenvalue weighted by atomic mass is 16.5. The van der Waals surface area contributed by atoms with Crippen LogP contribution in [0, 0.1) is 6.92 Å². The van der Waals surface area contributed by atoms with Gasteiger partial charge in [0.15, 0.2) is 0 Å². The molecule has 1 aliphatic heterocycles. The second-order valence-electron chi connectivity index (χ2n) is 5.25. The van der Waals surface area contributed by atoms with Gasteiger partial charge in [0.2, 0.25) is 5.88 Å². The molecule has 0 spiro atoms. The van der Waals surface area contributed by atoms with Gasteiger partial charge in [0.25, 0.3) is 0 Å². The van der Waals surface area contributed by atoms with Crippen LogP contribution in [-0.2, 0) is 0 Å². The summed E-state index contributed by atoms with van der Waals surface area (Å²) in [4.78, 5) is 13.1. The van der Waals surface area contributed by atoms with E-state index in [4.69, 9.17) is 4.74 Å². The highest BCUT2D eigenvalue weighted by molar-refractivity contribution is 5.35. The molecule has 3 rings (SSSR count). The van der Waals surface area contributed by atoms with Crippen molar-refractivity contribution in [3.63, 3.8) is 0 Å². The molecule has 7 nitrogen and oxygen atoms in total. The third-order valence-corrected chi connectivity index (χ3v) is 3.68. The third-order valence-electron chi connectivity index (χ3n) is 3.68. The minimum Gasteiger partial charge on any atom is -0.475 e. The Bertz CT molecular complexity index is 568. The lowest BCUT2D eigenvalue weighted by molar-refractivity contribution is 0.195. The summed E-state index contributed by atoms with van der Waals surface area (Å²) in [6.07, 6.45) is 5.25. The predicted molar refractivity (Wildman–Crippen MR) is 82.9 cm³/mol. The number of aromatic nitrogens is 4. The molecule has 0 radical (unpaired) electrons. The third kappa shape index (κ3) is 3.88. The van der Waals surface area contributed by atoms with E-state index in [1.54, 1.807) is 12.4 Å². The van der Waals surface area contributed by atoms with Crippen molar-refractivity contribution in [3.8, 4) is 5.88 Å². The molecule has 0 atom stereocenters. The molecule has 0 bridgehead atoms. The Labute approximate surface area is 130 Å². The van der Waals surface area contributed by atoms with E-state index in [1.165, 1.54) is 0 Å². The van der Waals surface area contributed by atoms with Crippen LogP contribution in [0.1, 0.15) is 5.69 Å². The van der Waals surface area contributed by atoms with Gasteiger partial charge in [0, 0.05) is 51.2 Å². The first-order valence-corrected chi connectivity index (χ1v) is 7.48. The van der Waals surface area contributed by atoms with Gasteiger partial charge in [0.05, 0.1) is 11.9 Å². The molecule has 2 aromatic heterocycles. The van der Waals surface area contributed by atoms with Crippen LogP contribution in [-0.4, -0.2) is 64.4 Å². The summed E-state index contributed by atoms with van der Waals surface area (Å²) in [5, 5.41) is 7.98. The summed E-state index contributed by atoms with van der Waals surface area (Å²) in [5.41, 5.74) is 0.896. The van der Waals surface area contributed by atoms with Crippen LogP contribution >= 0.6 is 0 Å². The Balaban J connectivity index is 1.40. The second-order valence-corrected chi connectivity index (χ2v) is 5.25. The molecule has 7 heteroatoms. The molecule has 0 aromatic carbocycles. The van der Waals surface area contributed by atoms with Crippen molar-refractivity contribution in [1.82, 2.24) is 25.1 Å². The van der Waals surface area contributed by atoms with Crippen molar-refractivity contribution < 1.29 is 4.74 Å². The van der Waals surface area contributed by atoms with Crippen molar-refractivity contribution >= 4 is 5.82 Å². The topological polar surface area (TPSA) is 67.3 Å². The highest BCUT2D eigenvalue weighted by Crippen LogP contribution is 2.11. The first kappa shape index (κ1) is 14.6. The van der Waals surface area contributed by atoms with Crippen LogP contribution in [0.25, 0.3) is 0 Å². The Morgan fingerprint density at radius 2 is 1.95 bits per heavy atom. The maximum absolute atomic E-state index is 5.62. The molecule has 0 aliphatic carbocycles. The van der Waals surface area contributed by atoms with Crippen molar-refractivity contribution in [2.45, 2.75) is 6.92 Å². The Kier molecular flexibility index (Phi) is 4.75. The molecule has 116 valence electrons. The molecular weight excluding hydrogens is 280 g/mol. The van der Waals surface area contributed by atoms with Gasteiger partial charge < -0.3 is 9.64 Å². The number of hydrogen-bond donors (Lipinski definition) is 0. The molecule has 1 aliphatic rings. The van der Waals surface area contributed by atoms with E-state index in [9.17, 15) is 0 Å². The van der Waals surface area contributed by atoms with Crippen LogP contribution in [0.4, 0.5) is 5.82 Å². The number of rotatable bonds is 5. The molecule has 3 heterocycles. The molecule has 0 amide bonds. The molecule has 1 fully saturated rings. The number of nitrogens with zero attached hydrogens (tertiary/aromatic N) is 6. The van der Waals surface area contributed by atoms with E-state index in [0.717, 1.165) is 44.2 Å². The molecule has 22 heavy (non-hydrogen) atoms. The van der Waals surface area contributed by atoms with E-state index in [1.807, 2.05) is 25.3 Å².